The molecule has 0 aliphatic heterocycles. The molecule has 0 atom stereocenters. The van der Waals surface area contributed by atoms with E-state index >= 15 is 0 Å². The van der Waals surface area contributed by atoms with Gasteiger partial charge in [-0.15, -0.1) is 11.3 Å². The molecule has 3 N–H and O–H groups in total. The molecule has 9 heteroatoms. The monoisotopic (exact) mass is 391 g/mol. The third-order valence-corrected chi connectivity index (χ3v) is 4.21. The van der Waals surface area contributed by atoms with E-state index in [-0.39, 0.29) is 11.0 Å². The largest absolute Gasteiger partial charge is 0.496 e. The minimum atomic E-state index is -0.471. The number of carbonyl (C=O) groups is 2. The molecule has 0 saturated carbocycles. The van der Waals surface area contributed by atoms with Crippen LogP contribution >= 0.6 is 23.6 Å². The van der Waals surface area contributed by atoms with Crippen LogP contribution < -0.4 is 25.6 Å². The van der Waals surface area contributed by atoms with E-state index in [0.29, 0.717) is 21.9 Å². The molecule has 136 valence electrons. The van der Waals surface area contributed by atoms with Crippen molar-refractivity contribution >= 4 is 46.6 Å². The van der Waals surface area contributed by atoms with Gasteiger partial charge in [0.1, 0.15) is 11.5 Å². The van der Waals surface area contributed by atoms with E-state index in [4.69, 9.17) is 21.7 Å². The Morgan fingerprint density at radius 2 is 1.77 bits per heavy atom. The maximum atomic E-state index is 12.0. The van der Waals surface area contributed by atoms with Crippen LogP contribution in [-0.2, 0) is 4.79 Å². The van der Waals surface area contributed by atoms with E-state index in [1.54, 1.807) is 41.8 Å². The van der Waals surface area contributed by atoms with E-state index in [1.165, 1.54) is 31.6 Å². The van der Waals surface area contributed by atoms with Crippen molar-refractivity contribution in [1.29, 1.82) is 0 Å². The summed E-state index contributed by atoms with van der Waals surface area (Å²) >= 11 is 6.26. The Hall–Kier alpha value is -2.91. The second kappa shape index (κ2) is 9.54. The normalized spacial score (nSPS) is 10.2. The second-order valence-electron chi connectivity index (χ2n) is 4.78. The lowest BCUT2D eigenvalue weighted by Crippen LogP contribution is -2.48. The number of rotatable bonds is 5. The Labute approximate surface area is 160 Å². The Balaban J connectivity index is 1.91. The average molecular weight is 391 g/mol. The zero-order valence-corrected chi connectivity index (χ0v) is 15.7. The topological polar surface area (TPSA) is 88.7 Å². The molecule has 0 radical (unpaired) electrons. The van der Waals surface area contributed by atoms with Gasteiger partial charge in [0.2, 0.25) is 5.91 Å². The fraction of sp³-hybridized carbons (Fsp3) is 0.118. The molecule has 0 aliphatic carbocycles. The van der Waals surface area contributed by atoms with E-state index in [1.807, 2.05) is 0 Å². The van der Waals surface area contributed by atoms with Crippen LogP contribution in [0, 0.1) is 0 Å². The van der Waals surface area contributed by atoms with Crippen LogP contribution in [-0.4, -0.2) is 31.1 Å². The van der Waals surface area contributed by atoms with Gasteiger partial charge in [0.15, 0.2) is 5.11 Å². The molecule has 0 bridgehead atoms. The molecule has 2 amide bonds. The third kappa shape index (κ3) is 5.30. The van der Waals surface area contributed by atoms with Crippen LogP contribution in [0.5, 0.6) is 11.5 Å². The first-order chi connectivity index (χ1) is 12.5. The maximum absolute atomic E-state index is 12.0. The van der Waals surface area contributed by atoms with E-state index in [2.05, 4.69) is 16.2 Å². The summed E-state index contributed by atoms with van der Waals surface area (Å²) < 4.78 is 10.5. The number of thiocarbonyl (C=S) groups is 1. The highest BCUT2D eigenvalue weighted by Crippen LogP contribution is 2.29. The third-order valence-electron chi connectivity index (χ3n) is 3.14. The van der Waals surface area contributed by atoms with Gasteiger partial charge in [-0.1, -0.05) is 12.1 Å². The lowest BCUT2D eigenvalue weighted by Gasteiger charge is -2.10. The molecule has 26 heavy (non-hydrogen) atoms. The van der Waals surface area contributed by atoms with Crippen molar-refractivity contribution in [3.8, 4) is 11.5 Å². The summed E-state index contributed by atoms with van der Waals surface area (Å²) in [6, 6.07) is 8.73. The van der Waals surface area contributed by atoms with Crippen molar-refractivity contribution in [2.45, 2.75) is 0 Å². The standard InChI is InChI=1S/C17H17N3O4S2/c1-23-12-5-3-6-13(24-2)11(12)8-9-15(21)18-17(25)20-19-16(22)14-7-4-10-26-14/h3-10H,1-2H3,(H,19,22)(H2,18,20,21,25)/b9-8+. The molecule has 1 aromatic heterocycles. The summed E-state index contributed by atoms with van der Waals surface area (Å²) in [5, 5.41) is 4.18. The van der Waals surface area contributed by atoms with E-state index < -0.39 is 5.91 Å². The van der Waals surface area contributed by atoms with Crippen molar-refractivity contribution in [3.63, 3.8) is 0 Å². The highest BCUT2D eigenvalue weighted by Gasteiger charge is 2.09. The molecular weight excluding hydrogens is 374 g/mol. The van der Waals surface area contributed by atoms with Gasteiger partial charge in [0.05, 0.1) is 24.7 Å². The van der Waals surface area contributed by atoms with E-state index in [9.17, 15) is 9.59 Å². The Morgan fingerprint density at radius 3 is 2.35 bits per heavy atom. The molecule has 0 unspecified atom stereocenters. The van der Waals surface area contributed by atoms with Gasteiger partial charge in [-0.2, -0.15) is 0 Å². The molecule has 1 heterocycles. The van der Waals surface area contributed by atoms with Crippen molar-refractivity contribution in [3.05, 3.63) is 52.2 Å². The van der Waals surface area contributed by atoms with Crippen molar-refractivity contribution in [2.75, 3.05) is 14.2 Å². The predicted molar refractivity (Wildman–Crippen MR) is 104 cm³/mol. The van der Waals surface area contributed by atoms with Gasteiger partial charge in [0, 0.05) is 6.08 Å². The number of thiophene rings is 1. The van der Waals surface area contributed by atoms with Gasteiger partial charge in [-0.05, 0) is 41.9 Å². The number of ether oxygens (including phenoxy) is 2. The van der Waals surface area contributed by atoms with Crippen molar-refractivity contribution in [1.82, 2.24) is 16.2 Å². The van der Waals surface area contributed by atoms with E-state index in [0.717, 1.165) is 0 Å². The van der Waals surface area contributed by atoms with Crippen LogP contribution in [0.25, 0.3) is 6.08 Å². The number of amides is 2. The van der Waals surface area contributed by atoms with Crippen LogP contribution in [0.3, 0.4) is 0 Å². The maximum Gasteiger partial charge on any atom is 0.279 e. The highest BCUT2D eigenvalue weighted by molar-refractivity contribution is 7.80. The second-order valence-corrected chi connectivity index (χ2v) is 6.14. The van der Waals surface area contributed by atoms with Crippen molar-refractivity contribution in [2.24, 2.45) is 0 Å². The van der Waals surface area contributed by atoms with Crippen LogP contribution in [0.15, 0.2) is 41.8 Å². The average Bonchev–Trinajstić information content (AvgIpc) is 3.18. The van der Waals surface area contributed by atoms with Gasteiger partial charge in [-0.3, -0.25) is 25.8 Å². The van der Waals surface area contributed by atoms with Gasteiger partial charge < -0.3 is 9.47 Å². The zero-order valence-electron chi connectivity index (χ0n) is 14.1. The molecule has 0 fully saturated rings. The van der Waals surface area contributed by atoms with Crippen LogP contribution in [0.1, 0.15) is 15.2 Å². The minimum absolute atomic E-state index is 0.0310. The first kappa shape index (κ1) is 19.4. The molecular formula is C17H17N3O4S2. The molecule has 0 aliphatic rings. The number of hydrogen-bond donors (Lipinski definition) is 3. The van der Waals surface area contributed by atoms with Crippen molar-refractivity contribution < 1.29 is 19.1 Å². The molecule has 2 rings (SSSR count). The Kier molecular flexibility index (Phi) is 7.12. The molecule has 1 aromatic carbocycles. The quantitative estimate of drug-likeness (QED) is 0.411. The highest BCUT2D eigenvalue weighted by atomic mass is 32.1. The first-order valence-corrected chi connectivity index (χ1v) is 8.67. The predicted octanol–water partition coefficient (Wildman–Crippen LogP) is 2.11. The van der Waals surface area contributed by atoms with Gasteiger partial charge >= 0.3 is 0 Å². The Bertz CT molecular complexity index is 797. The SMILES string of the molecule is COc1cccc(OC)c1/C=C/C(=O)NC(=S)NNC(=O)c1cccs1. The first-order valence-electron chi connectivity index (χ1n) is 7.39. The van der Waals surface area contributed by atoms with Crippen LogP contribution in [0.4, 0.5) is 0 Å². The smallest absolute Gasteiger partial charge is 0.279 e. The minimum Gasteiger partial charge on any atom is -0.496 e. The zero-order chi connectivity index (χ0) is 18.9. The Morgan fingerprint density at radius 1 is 1.08 bits per heavy atom. The number of nitrogens with one attached hydrogen (secondary N) is 3. The molecule has 7 nitrogen and oxygen atoms in total. The fourth-order valence-electron chi connectivity index (χ4n) is 1.97. The summed E-state index contributed by atoms with van der Waals surface area (Å²) in [4.78, 5) is 24.3. The molecule has 0 saturated heterocycles. The summed E-state index contributed by atoms with van der Waals surface area (Å²) in [6.07, 6.45) is 2.84. The summed E-state index contributed by atoms with van der Waals surface area (Å²) in [6.45, 7) is 0. The number of methoxy groups -OCH3 is 2. The summed E-state index contributed by atoms with van der Waals surface area (Å²) in [5.74, 6) is 0.321. The number of benzene rings is 1. The lowest BCUT2D eigenvalue weighted by molar-refractivity contribution is -0.115. The molecule has 2 aromatic rings. The van der Waals surface area contributed by atoms with Gasteiger partial charge in [0.25, 0.3) is 5.91 Å². The fourth-order valence-corrected chi connectivity index (χ4v) is 2.74. The number of hydrogen-bond acceptors (Lipinski definition) is 6. The number of carbonyl (C=O) groups excluding carboxylic acids is 2. The summed E-state index contributed by atoms with van der Waals surface area (Å²) in [5.41, 5.74) is 5.49. The summed E-state index contributed by atoms with van der Waals surface area (Å²) in [7, 11) is 3.06. The molecule has 0 spiro atoms. The van der Waals surface area contributed by atoms with Gasteiger partial charge in [-0.25, -0.2) is 0 Å². The lowest BCUT2D eigenvalue weighted by atomic mass is 10.1. The van der Waals surface area contributed by atoms with Crippen LogP contribution in [0.2, 0.25) is 0 Å². The number of hydrazine groups is 1.